The number of nitrogens with two attached hydrogens (primary N) is 1. The summed E-state index contributed by atoms with van der Waals surface area (Å²) < 4.78 is 40.6. The summed E-state index contributed by atoms with van der Waals surface area (Å²) in [5, 5.41) is 10.1. The van der Waals surface area contributed by atoms with Crippen LogP contribution in [0, 0.1) is 5.41 Å². The van der Waals surface area contributed by atoms with Gasteiger partial charge in [-0.1, -0.05) is 35.5 Å². The standard InChI is InChI=1S/C14H18ClF3N4OS/c1-9(15)21-6-5-12(24-13(19)20)22-8-10-3-2-4-11(7-10)23-14(16,17)18/h2-4,6-7,9,12,22H,5,8H2,1H3,(H3,19,20). The predicted octanol–water partition coefficient (Wildman–Crippen LogP) is 3.67. The summed E-state index contributed by atoms with van der Waals surface area (Å²) in [5.74, 6) is -0.282. The molecule has 0 spiro atoms. The zero-order valence-electron chi connectivity index (χ0n) is 12.8. The topological polar surface area (TPSA) is 83.5 Å². The SMILES string of the molecule is CC(Cl)N=CCC(NCc1cccc(OC(F)(F)F)c1)SC(=N)N. The van der Waals surface area contributed by atoms with E-state index >= 15 is 0 Å². The van der Waals surface area contributed by atoms with Crippen molar-refractivity contribution in [3.05, 3.63) is 29.8 Å². The largest absolute Gasteiger partial charge is 0.573 e. The molecule has 2 atom stereocenters. The molecular formula is C14H18ClF3N4OS. The number of hydrogen-bond acceptors (Lipinski definition) is 5. The van der Waals surface area contributed by atoms with Crippen LogP contribution < -0.4 is 15.8 Å². The van der Waals surface area contributed by atoms with Crippen molar-refractivity contribution in [1.29, 1.82) is 5.41 Å². The van der Waals surface area contributed by atoms with Crippen LogP contribution in [0.4, 0.5) is 13.2 Å². The molecule has 0 amide bonds. The maximum Gasteiger partial charge on any atom is 0.573 e. The van der Waals surface area contributed by atoms with Crippen molar-refractivity contribution >= 4 is 34.7 Å². The highest BCUT2D eigenvalue weighted by Gasteiger charge is 2.31. The second-order valence-corrected chi connectivity index (χ2v) is 6.56. The highest BCUT2D eigenvalue weighted by atomic mass is 35.5. The molecule has 1 aromatic rings. The van der Waals surface area contributed by atoms with Crippen LogP contribution in [0.5, 0.6) is 5.75 Å². The van der Waals surface area contributed by atoms with Crippen LogP contribution in [0.3, 0.4) is 0 Å². The molecule has 0 radical (unpaired) electrons. The number of hydrogen-bond donors (Lipinski definition) is 3. The van der Waals surface area contributed by atoms with Crippen LogP contribution in [0.2, 0.25) is 0 Å². The highest BCUT2D eigenvalue weighted by molar-refractivity contribution is 8.14. The van der Waals surface area contributed by atoms with Crippen LogP contribution in [-0.4, -0.2) is 28.6 Å². The van der Waals surface area contributed by atoms with Crippen LogP contribution in [0.1, 0.15) is 18.9 Å². The van der Waals surface area contributed by atoms with Gasteiger partial charge in [0.05, 0.1) is 5.37 Å². The van der Waals surface area contributed by atoms with Gasteiger partial charge >= 0.3 is 6.36 Å². The second-order valence-electron chi connectivity index (χ2n) is 4.69. The molecule has 0 saturated heterocycles. The lowest BCUT2D eigenvalue weighted by molar-refractivity contribution is -0.274. The summed E-state index contributed by atoms with van der Waals surface area (Å²) in [5.41, 5.74) is 5.63. The maximum absolute atomic E-state index is 12.2. The monoisotopic (exact) mass is 382 g/mol. The summed E-state index contributed by atoms with van der Waals surface area (Å²) >= 11 is 6.80. The van der Waals surface area contributed by atoms with Crippen molar-refractivity contribution < 1.29 is 17.9 Å². The van der Waals surface area contributed by atoms with Gasteiger partial charge in [0.25, 0.3) is 0 Å². The van der Waals surface area contributed by atoms with E-state index in [-0.39, 0.29) is 28.3 Å². The fourth-order valence-corrected chi connectivity index (χ4v) is 2.45. The van der Waals surface area contributed by atoms with E-state index in [4.69, 9.17) is 22.7 Å². The molecule has 0 aliphatic heterocycles. The van der Waals surface area contributed by atoms with E-state index in [1.54, 1.807) is 19.2 Å². The minimum absolute atomic E-state index is 0.0750. The summed E-state index contributed by atoms with van der Waals surface area (Å²) in [4.78, 5) is 4.01. The number of benzene rings is 1. The van der Waals surface area contributed by atoms with E-state index in [0.29, 0.717) is 12.0 Å². The Kier molecular flexibility index (Phi) is 8.37. The average Bonchev–Trinajstić information content (AvgIpc) is 2.42. The predicted molar refractivity (Wildman–Crippen MR) is 91.7 cm³/mol. The highest BCUT2D eigenvalue weighted by Crippen LogP contribution is 2.23. The van der Waals surface area contributed by atoms with Crippen LogP contribution >= 0.6 is 23.4 Å². The molecule has 2 unspecified atom stereocenters. The number of nitrogens with zero attached hydrogens (tertiary/aromatic N) is 1. The van der Waals surface area contributed by atoms with Crippen molar-refractivity contribution in [2.75, 3.05) is 0 Å². The first-order chi connectivity index (χ1) is 11.2. The maximum atomic E-state index is 12.2. The van der Waals surface area contributed by atoms with Gasteiger partial charge in [0.1, 0.15) is 11.3 Å². The molecule has 134 valence electrons. The van der Waals surface area contributed by atoms with Crippen molar-refractivity contribution in [3.63, 3.8) is 0 Å². The number of alkyl halides is 4. The Labute approximate surface area is 147 Å². The molecule has 0 fully saturated rings. The summed E-state index contributed by atoms with van der Waals surface area (Å²) in [6.07, 6.45) is -2.65. The molecule has 0 heterocycles. The van der Waals surface area contributed by atoms with Gasteiger partial charge in [-0.25, -0.2) is 0 Å². The van der Waals surface area contributed by atoms with Gasteiger partial charge in [0.2, 0.25) is 0 Å². The molecule has 10 heteroatoms. The fourth-order valence-electron chi connectivity index (χ4n) is 1.71. The average molecular weight is 383 g/mol. The number of nitrogens with one attached hydrogen (secondary N) is 2. The molecular weight excluding hydrogens is 365 g/mol. The zero-order valence-corrected chi connectivity index (χ0v) is 14.4. The number of ether oxygens (including phenoxy) is 1. The Hall–Kier alpha value is -1.45. The lowest BCUT2D eigenvalue weighted by Gasteiger charge is -2.16. The van der Waals surface area contributed by atoms with Gasteiger partial charge in [0, 0.05) is 19.2 Å². The van der Waals surface area contributed by atoms with E-state index in [1.165, 1.54) is 18.2 Å². The Balaban J connectivity index is 2.65. The number of aliphatic imine (C=N–C) groups is 1. The van der Waals surface area contributed by atoms with Crippen LogP contribution in [0.15, 0.2) is 29.3 Å². The summed E-state index contributed by atoms with van der Waals surface area (Å²) in [7, 11) is 0. The molecule has 1 rings (SSSR count). The van der Waals surface area contributed by atoms with Gasteiger partial charge in [-0.3, -0.25) is 10.4 Å². The molecule has 0 aromatic heterocycles. The molecule has 24 heavy (non-hydrogen) atoms. The van der Waals surface area contributed by atoms with E-state index in [0.717, 1.165) is 11.8 Å². The number of thioether (sulfide) groups is 1. The second kappa shape index (κ2) is 9.75. The fraction of sp³-hybridized carbons (Fsp3) is 0.429. The van der Waals surface area contributed by atoms with Crippen LogP contribution in [-0.2, 0) is 6.54 Å². The molecule has 0 saturated carbocycles. The van der Waals surface area contributed by atoms with Gasteiger partial charge in [0.15, 0.2) is 5.17 Å². The minimum Gasteiger partial charge on any atom is -0.406 e. The van der Waals surface area contributed by atoms with Gasteiger partial charge in [-0.05, 0) is 24.6 Å². The molecule has 0 aliphatic carbocycles. The van der Waals surface area contributed by atoms with Gasteiger partial charge in [-0.2, -0.15) is 0 Å². The Morgan fingerprint density at radius 2 is 2.25 bits per heavy atom. The zero-order chi connectivity index (χ0) is 18.2. The Morgan fingerprint density at radius 3 is 2.83 bits per heavy atom. The Morgan fingerprint density at radius 1 is 1.54 bits per heavy atom. The molecule has 4 N–H and O–H groups in total. The van der Waals surface area contributed by atoms with Gasteiger partial charge in [-0.15, -0.1) is 13.2 Å². The number of amidine groups is 1. The quantitative estimate of drug-likeness (QED) is 0.210. The summed E-state index contributed by atoms with van der Waals surface area (Å²) in [6, 6.07) is 5.67. The van der Waals surface area contributed by atoms with Crippen molar-refractivity contribution in [1.82, 2.24) is 5.32 Å². The number of halogens is 4. The lowest BCUT2D eigenvalue weighted by Crippen LogP contribution is -2.29. The molecule has 5 nitrogen and oxygen atoms in total. The molecule has 1 aromatic carbocycles. The van der Waals surface area contributed by atoms with E-state index < -0.39 is 6.36 Å². The summed E-state index contributed by atoms with van der Waals surface area (Å²) in [6.45, 7) is 2.00. The lowest BCUT2D eigenvalue weighted by atomic mass is 10.2. The third-order valence-corrected chi connectivity index (χ3v) is 3.58. The van der Waals surface area contributed by atoms with E-state index in [9.17, 15) is 13.2 Å². The first-order valence-corrected chi connectivity index (χ1v) is 8.22. The number of rotatable bonds is 8. The normalized spacial score (nSPS) is 14.5. The third kappa shape index (κ3) is 9.64. The van der Waals surface area contributed by atoms with Crippen LogP contribution in [0.25, 0.3) is 0 Å². The first-order valence-electron chi connectivity index (χ1n) is 6.90. The van der Waals surface area contributed by atoms with E-state index in [2.05, 4.69) is 15.0 Å². The van der Waals surface area contributed by atoms with Gasteiger partial charge < -0.3 is 15.8 Å². The smallest absolute Gasteiger partial charge is 0.406 e. The minimum atomic E-state index is -4.73. The molecule has 0 bridgehead atoms. The van der Waals surface area contributed by atoms with Crippen molar-refractivity contribution in [2.24, 2.45) is 10.7 Å². The Bertz CT molecular complexity index is 569. The molecule has 0 aliphatic rings. The third-order valence-electron chi connectivity index (χ3n) is 2.57. The van der Waals surface area contributed by atoms with E-state index in [1.807, 2.05) is 0 Å². The first kappa shape index (κ1) is 20.6. The van der Waals surface area contributed by atoms with Crippen molar-refractivity contribution in [3.8, 4) is 5.75 Å². The van der Waals surface area contributed by atoms with Crippen molar-refractivity contribution in [2.45, 2.75) is 37.1 Å².